The molecule has 0 unspecified atom stereocenters. The van der Waals surface area contributed by atoms with E-state index in [1.54, 1.807) is 0 Å². The van der Waals surface area contributed by atoms with Crippen molar-refractivity contribution in [3.8, 4) is 0 Å². The Morgan fingerprint density at radius 3 is 2.92 bits per heavy atom. The minimum Gasteiger partial charge on any atom is -0.299 e. The summed E-state index contributed by atoms with van der Waals surface area (Å²) in [5.74, 6) is 0. The van der Waals surface area contributed by atoms with Crippen molar-refractivity contribution in [1.82, 2.24) is 9.88 Å². The smallest absolute Gasteiger partial charge is 0.0360 e. The molecule has 0 amide bonds. The third kappa shape index (κ3) is 2.40. The van der Waals surface area contributed by atoms with Crippen LogP contribution < -0.4 is 0 Å². The summed E-state index contributed by atoms with van der Waals surface area (Å²) in [6.45, 7) is 1.22. The molecular weight excluding hydrogens is 275 g/mol. The molecule has 0 N–H and O–H groups in total. The lowest BCUT2D eigenvalue weighted by molar-refractivity contribution is 0.317. The van der Waals surface area contributed by atoms with Gasteiger partial charge in [0.15, 0.2) is 0 Å². The Balaban J connectivity index is 0.000000845. The fourth-order valence-electron chi connectivity index (χ4n) is 1.90. The summed E-state index contributed by atoms with van der Waals surface area (Å²) >= 11 is 0. The molecule has 0 bridgehead atoms. The molecule has 1 atom stereocenters. The first kappa shape index (κ1) is 10.9. The lowest BCUT2D eigenvalue weighted by atomic mass is 10.1. The second-order valence-electron chi connectivity index (χ2n) is 3.42. The Bertz CT molecular complexity index is 250. The summed E-state index contributed by atoms with van der Waals surface area (Å²) < 4.78 is 0. The molecule has 72 valence electrons. The van der Waals surface area contributed by atoms with Crippen LogP contribution in [0.25, 0.3) is 0 Å². The van der Waals surface area contributed by atoms with E-state index in [4.69, 9.17) is 0 Å². The van der Waals surface area contributed by atoms with Crippen LogP contribution in [0, 0.1) is 0 Å². The van der Waals surface area contributed by atoms with E-state index in [9.17, 15) is 0 Å². The van der Waals surface area contributed by atoms with Gasteiger partial charge in [-0.3, -0.25) is 9.88 Å². The molecule has 0 aliphatic carbocycles. The average Bonchev–Trinajstić information content (AvgIpc) is 2.53. The van der Waals surface area contributed by atoms with E-state index in [0.717, 1.165) is 0 Å². The van der Waals surface area contributed by atoms with Gasteiger partial charge in [0.25, 0.3) is 0 Å². The minimum atomic E-state index is 0. The molecule has 0 spiro atoms. The molecule has 1 fully saturated rings. The summed E-state index contributed by atoms with van der Waals surface area (Å²) in [5.41, 5.74) is 1.36. The topological polar surface area (TPSA) is 16.1 Å². The van der Waals surface area contributed by atoms with Crippen LogP contribution in [0.4, 0.5) is 0 Å². The molecule has 2 heterocycles. The van der Waals surface area contributed by atoms with Gasteiger partial charge in [-0.1, -0.05) is 6.07 Å². The average molecular weight is 290 g/mol. The zero-order chi connectivity index (χ0) is 8.39. The van der Waals surface area contributed by atoms with Crippen LogP contribution in [0.5, 0.6) is 0 Å². The predicted octanol–water partition coefficient (Wildman–Crippen LogP) is 2.47. The summed E-state index contributed by atoms with van der Waals surface area (Å²) in [6, 6.07) is 4.79. The molecule has 1 aromatic heterocycles. The van der Waals surface area contributed by atoms with Crippen LogP contribution in [0.15, 0.2) is 24.5 Å². The van der Waals surface area contributed by atoms with Crippen LogP contribution in [0.3, 0.4) is 0 Å². The van der Waals surface area contributed by atoms with Crippen LogP contribution in [-0.2, 0) is 0 Å². The molecule has 2 rings (SSSR count). The Kier molecular flexibility index (Phi) is 4.12. The van der Waals surface area contributed by atoms with Gasteiger partial charge in [-0.15, -0.1) is 24.0 Å². The van der Waals surface area contributed by atoms with E-state index in [1.165, 1.54) is 24.9 Å². The molecule has 13 heavy (non-hydrogen) atoms. The maximum atomic E-state index is 4.14. The Labute approximate surface area is 96.4 Å². The highest BCUT2D eigenvalue weighted by Gasteiger charge is 2.21. The van der Waals surface area contributed by atoms with Crippen molar-refractivity contribution in [1.29, 1.82) is 0 Å². The molecule has 3 heteroatoms. The summed E-state index contributed by atoms with van der Waals surface area (Å²) in [6.07, 6.45) is 6.41. The third-order valence-corrected chi connectivity index (χ3v) is 2.59. The van der Waals surface area contributed by atoms with Gasteiger partial charge in [0, 0.05) is 18.4 Å². The normalized spacial score (nSPS) is 22.7. The van der Waals surface area contributed by atoms with Crippen molar-refractivity contribution in [2.75, 3.05) is 13.6 Å². The molecule has 1 aliphatic rings. The van der Waals surface area contributed by atoms with Crippen molar-refractivity contribution < 1.29 is 0 Å². The number of hydrogen-bond acceptors (Lipinski definition) is 2. The predicted molar refractivity (Wildman–Crippen MR) is 64.3 cm³/mol. The van der Waals surface area contributed by atoms with Crippen LogP contribution in [0.1, 0.15) is 24.4 Å². The van der Waals surface area contributed by atoms with E-state index in [2.05, 4.69) is 23.0 Å². The zero-order valence-electron chi connectivity index (χ0n) is 7.81. The summed E-state index contributed by atoms with van der Waals surface area (Å²) in [5, 5.41) is 0. The van der Waals surface area contributed by atoms with Crippen molar-refractivity contribution in [2.45, 2.75) is 18.9 Å². The van der Waals surface area contributed by atoms with Crippen molar-refractivity contribution in [3.05, 3.63) is 30.1 Å². The Morgan fingerprint density at radius 2 is 2.38 bits per heavy atom. The first-order valence-electron chi connectivity index (χ1n) is 4.48. The number of aromatic nitrogens is 1. The van der Waals surface area contributed by atoms with Crippen molar-refractivity contribution in [2.24, 2.45) is 0 Å². The first-order chi connectivity index (χ1) is 5.88. The number of rotatable bonds is 1. The van der Waals surface area contributed by atoms with Crippen molar-refractivity contribution >= 4 is 24.0 Å². The lowest BCUT2D eigenvalue weighted by Crippen LogP contribution is -2.17. The van der Waals surface area contributed by atoms with E-state index in [1.807, 2.05) is 18.5 Å². The van der Waals surface area contributed by atoms with E-state index in [0.29, 0.717) is 6.04 Å². The summed E-state index contributed by atoms with van der Waals surface area (Å²) in [7, 11) is 2.19. The van der Waals surface area contributed by atoms with E-state index < -0.39 is 0 Å². The highest BCUT2D eigenvalue weighted by molar-refractivity contribution is 14.0. The van der Waals surface area contributed by atoms with E-state index >= 15 is 0 Å². The minimum absolute atomic E-state index is 0. The molecule has 0 radical (unpaired) electrons. The third-order valence-electron chi connectivity index (χ3n) is 2.59. The molecular formula is C10H15IN2. The van der Waals surface area contributed by atoms with Gasteiger partial charge in [-0.05, 0) is 38.1 Å². The SMILES string of the molecule is CN1CCC[C@H]1c1cccnc1.I. The van der Waals surface area contributed by atoms with Crippen LogP contribution in [-0.4, -0.2) is 23.5 Å². The number of likely N-dealkylation sites (tertiary alicyclic amines) is 1. The van der Waals surface area contributed by atoms with E-state index in [-0.39, 0.29) is 24.0 Å². The highest BCUT2D eigenvalue weighted by atomic mass is 127. The largest absolute Gasteiger partial charge is 0.299 e. The van der Waals surface area contributed by atoms with Gasteiger partial charge in [0.2, 0.25) is 0 Å². The fourth-order valence-corrected chi connectivity index (χ4v) is 1.90. The molecule has 2 nitrogen and oxygen atoms in total. The molecule has 1 saturated heterocycles. The van der Waals surface area contributed by atoms with Gasteiger partial charge < -0.3 is 0 Å². The second-order valence-corrected chi connectivity index (χ2v) is 3.42. The molecule has 1 aromatic rings. The zero-order valence-corrected chi connectivity index (χ0v) is 10.1. The quantitative estimate of drug-likeness (QED) is 0.739. The van der Waals surface area contributed by atoms with Gasteiger partial charge in [-0.2, -0.15) is 0 Å². The Hall–Kier alpha value is -0.160. The van der Waals surface area contributed by atoms with Crippen LogP contribution >= 0.6 is 24.0 Å². The number of pyridine rings is 1. The maximum Gasteiger partial charge on any atom is 0.0360 e. The number of nitrogens with zero attached hydrogens (tertiary/aromatic N) is 2. The van der Waals surface area contributed by atoms with Crippen LogP contribution in [0.2, 0.25) is 0 Å². The fraction of sp³-hybridized carbons (Fsp3) is 0.500. The van der Waals surface area contributed by atoms with Gasteiger partial charge >= 0.3 is 0 Å². The maximum absolute atomic E-state index is 4.14. The monoisotopic (exact) mass is 290 g/mol. The standard InChI is InChI=1S/C10H14N2.HI/c1-12-7-3-5-10(12)9-4-2-6-11-8-9;/h2,4,6,8,10H,3,5,7H2,1H3;1H/t10-;/m0./s1. The Morgan fingerprint density at radius 1 is 1.54 bits per heavy atom. The lowest BCUT2D eigenvalue weighted by Gasteiger charge is -2.18. The number of halogens is 1. The van der Waals surface area contributed by atoms with Gasteiger partial charge in [0.05, 0.1) is 0 Å². The highest BCUT2D eigenvalue weighted by Crippen LogP contribution is 2.29. The van der Waals surface area contributed by atoms with Crippen molar-refractivity contribution in [3.63, 3.8) is 0 Å². The molecule has 0 saturated carbocycles. The van der Waals surface area contributed by atoms with Gasteiger partial charge in [0.1, 0.15) is 0 Å². The first-order valence-corrected chi connectivity index (χ1v) is 4.48. The van der Waals surface area contributed by atoms with Gasteiger partial charge in [-0.25, -0.2) is 0 Å². The second kappa shape index (κ2) is 4.91. The summed E-state index contributed by atoms with van der Waals surface area (Å²) in [4.78, 5) is 6.54. The number of hydrogen-bond donors (Lipinski definition) is 0. The molecule has 1 aliphatic heterocycles. The molecule has 0 aromatic carbocycles.